The first-order valence-corrected chi connectivity index (χ1v) is 10.5. The minimum Gasteiger partial charge on any atom is -0.337 e. The molecular weight excluding hydrogens is 362 g/mol. The largest absolute Gasteiger partial charge is 0.337 e. The fourth-order valence-electron chi connectivity index (χ4n) is 4.37. The molecule has 0 bridgehead atoms. The number of carbonyl (C=O) groups excluding carboxylic acids is 2. The van der Waals surface area contributed by atoms with Gasteiger partial charge in [-0.1, -0.05) is 24.3 Å². The molecule has 2 aromatic rings. The van der Waals surface area contributed by atoms with Crippen molar-refractivity contribution < 1.29 is 9.59 Å². The van der Waals surface area contributed by atoms with Gasteiger partial charge in [-0.15, -0.1) is 0 Å². The van der Waals surface area contributed by atoms with Crippen LogP contribution in [0.5, 0.6) is 0 Å². The maximum Gasteiger partial charge on any atom is 0.256 e. The second kappa shape index (κ2) is 8.37. The minimum absolute atomic E-state index is 0.0880. The Kier molecular flexibility index (Phi) is 5.67. The molecule has 2 aliphatic rings. The molecule has 2 aromatic carbocycles. The van der Waals surface area contributed by atoms with Gasteiger partial charge in [-0.25, -0.2) is 0 Å². The molecule has 1 N–H and O–H groups in total. The van der Waals surface area contributed by atoms with Crippen molar-refractivity contribution in [2.45, 2.75) is 32.2 Å². The number of hydrogen-bond acceptors (Lipinski definition) is 3. The number of nitrogens with one attached hydrogen (secondary N) is 1. The van der Waals surface area contributed by atoms with Crippen LogP contribution >= 0.6 is 0 Å². The van der Waals surface area contributed by atoms with Gasteiger partial charge in [0.1, 0.15) is 0 Å². The van der Waals surface area contributed by atoms with Crippen LogP contribution in [0.15, 0.2) is 42.5 Å². The Morgan fingerprint density at radius 1 is 1.07 bits per heavy atom. The van der Waals surface area contributed by atoms with Gasteiger partial charge in [-0.05, 0) is 81.1 Å². The van der Waals surface area contributed by atoms with Gasteiger partial charge in [0.2, 0.25) is 0 Å². The van der Waals surface area contributed by atoms with E-state index in [0.717, 1.165) is 23.6 Å². The van der Waals surface area contributed by atoms with Crippen molar-refractivity contribution in [1.29, 1.82) is 0 Å². The highest BCUT2D eigenvalue weighted by atomic mass is 16.2. The van der Waals surface area contributed by atoms with Gasteiger partial charge in [0.25, 0.3) is 11.8 Å². The second-order valence-corrected chi connectivity index (χ2v) is 8.44. The van der Waals surface area contributed by atoms with E-state index in [1.165, 1.54) is 37.9 Å². The topological polar surface area (TPSA) is 52.7 Å². The summed E-state index contributed by atoms with van der Waals surface area (Å²) in [5.74, 6) is 0.501. The van der Waals surface area contributed by atoms with Crippen molar-refractivity contribution in [3.8, 4) is 0 Å². The average molecular weight is 392 g/mol. The van der Waals surface area contributed by atoms with Gasteiger partial charge >= 0.3 is 0 Å². The van der Waals surface area contributed by atoms with E-state index in [9.17, 15) is 9.59 Å². The number of amides is 2. The highest BCUT2D eigenvalue weighted by Gasteiger charge is 2.29. The average Bonchev–Trinajstić information content (AvgIpc) is 3.02. The van der Waals surface area contributed by atoms with Crippen molar-refractivity contribution in [3.05, 3.63) is 64.7 Å². The Bertz CT molecular complexity index is 899. The first kappa shape index (κ1) is 19.6. The van der Waals surface area contributed by atoms with Crippen LogP contribution in [-0.4, -0.2) is 48.8 Å². The smallest absolute Gasteiger partial charge is 0.256 e. The number of benzene rings is 2. The summed E-state index contributed by atoms with van der Waals surface area (Å²) in [5.41, 5.74) is 3.95. The lowest BCUT2D eigenvalue weighted by Gasteiger charge is -2.28. The summed E-state index contributed by atoms with van der Waals surface area (Å²) in [4.78, 5) is 29.2. The highest BCUT2D eigenvalue weighted by molar-refractivity contribution is 6.13. The maximum atomic E-state index is 12.8. The van der Waals surface area contributed by atoms with E-state index >= 15 is 0 Å². The third kappa shape index (κ3) is 4.35. The fraction of sp³-hybridized carbons (Fsp3) is 0.417. The summed E-state index contributed by atoms with van der Waals surface area (Å²) in [7, 11) is 3.95. The van der Waals surface area contributed by atoms with Crippen molar-refractivity contribution >= 4 is 17.5 Å². The highest BCUT2D eigenvalue weighted by Crippen LogP contribution is 2.26. The normalized spacial score (nSPS) is 17.4. The van der Waals surface area contributed by atoms with Crippen molar-refractivity contribution in [1.82, 2.24) is 9.80 Å². The van der Waals surface area contributed by atoms with Crippen molar-refractivity contribution in [2.75, 3.05) is 32.5 Å². The zero-order valence-corrected chi connectivity index (χ0v) is 17.3. The van der Waals surface area contributed by atoms with Crippen LogP contribution in [0.2, 0.25) is 0 Å². The van der Waals surface area contributed by atoms with E-state index in [4.69, 9.17) is 0 Å². The first-order chi connectivity index (χ1) is 14.0. The lowest BCUT2D eigenvalue weighted by Crippen LogP contribution is -2.30. The van der Waals surface area contributed by atoms with E-state index < -0.39 is 0 Å². The lowest BCUT2D eigenvalue weighted by molar-refractivity contribution is 0.0812. The third-order valence-corrected chi connectivity index (χ3v) is 6.25. The Morgan fingerprint density at radius 2 is 1.79 bits per heavy atom. The maximum absolute atomic E-state index is 12.8. The third-order valence-electron chi connectivity index (χ3n) is 6.25. The number of fused-ring (bicyclic) bond motifs is 1. The number of likely N-dealkylation sites (tertiary alicyclic amines) is 1. The van der Waals surface area contributed by atoms with Crippen LogP contribution in [0.4, 0.5) is 5.69 Å². The molecule has 1 saturated heterocycles. The molecule has 29 heavy (non-hydrogen) atoms. The lowest BCUT2D eigenvalue weighted by atomic mass is 9.91. The number of rotatable bonds is 5. The number of aryl methyl sites for hydroxylation is 1. The molecule has 2 heterocycles. The molecule has 2 aliphatic heterocycles. The summed E-state index contributed by atoms with van der Waals surface area (Å²) in [5, 5.41) is 2.95. The molecular formula is C24H29N3O2. The Morgan fingerprint density at radius 3 is 2.52 bits per heavy atom. The van der Waals surface area contributed by atoms with Gasteiger partial charge in [0, 0.05) is 19.3 Å². The molecule has 0 aliphatic carbocycles. The molecule has 5 nitrogen and oxygen atoms in total. The van der Waals surface area contributed by atoms with E-state index in [-0.39, 0.29) is 11.8 Å². The Hall–Kier alpha value is -2.66. The predicted octanol–water partition coefficient (Wildman–Crippen LogP) is 3.80. The van der Waals surface area contributed by atoms with Gasteiger partial charge in [-0.2, -0.15) is 0 Å². The van der Waals surface area contributed by atoms with Crippen LogP contribution in [0.1, 0.15) is 51.1 Å². The van der Waals surface area contributed by atoms with E-state index in [2.05, 4.69) is 29.4 Å². The fourth-order valence-corrected chi connectivity index (χ4v) is 4.37. The van der Waals surface area contributed by atoms with Crippen LogP contribution in [0.25, 0.3) is 0 Å². The molecule has 2 amide bonds. The van der Waals surface area contributed by atoms with E-state index in [1.807, 2.05) is 24.3 Å². The van der Waals surface area contributed by atoms with Gasteiger partial charge in [0.05, 0.1) is 11.1 Å². The molecule has 0 atom stereocenters. The molecule has 4 rings (SSSR count). The number of piperidine rings is 1. The number of anilines is 1. The molecule has 1 fully saturated rings. The summed E-state index contributed by atoms with van der Waals surface area (Å²) in [6.45, 7) is 2.97. The zero-order chi connectivity index (χ0) is 20.4. The van der Waals surface area contributed by atoms with E-state index in [1.54, 1.807) is 18.0 Å². The molecule has 0 spiro atoms. The van der Waals surface area contributed by atoms with Gasteiger partial charge in [0.15, 0.2) is 0 Å². The van der Waals surface area contributed by atoms with Crippen LogP contribution in [-0.2, 0) is 13.0 Å². The summed E-state index contributed by atoms with van der Waals surface area (Å²) >= 11 is 0. The second-order valence-electron chi connectivity index (χ2n) is 8.44. The Labute approximate surface area is 172 Å². The molecule has 0 unspecified atom stereocenters. The number of carbonyl (C=O) groups is 2. The van der Waals surface area contributed by atoms with Crippen LogP contribution in [0.3, 0.4) is 0 Å². The quantitative estimate of drug-likeness (QED) is 0.844. The molecule has 152 valence electrons. The molecule has 0 radical (unpaired) electrons. The molecule has 0 aromatic heterocycles. The Balaban J connectivity index is 1.37. The monoisotopic (exact) mass is 391 g/mol. The zero-order valence-electron chi connectivity index (χ0n) is 17.3. The minimum atomic E-state index is -0.232. The van der Waals surface area contributed by atoms with Crippen LogP contribution in [0, 0.1) is 5.92 Å². The van der Waals surface area contributed by atoms with Crippen LogP contribution < -0.4 is 5.32 Å². The summed E-state index contributed by atoms with van der Waals surface area (Å²) in [6, 6.07) is 13.6. The van der Waals surface area contributed by atoms with Gasteiger partial charge in [-0.3, -0.25) is 9.59 Å². The number of nitrogens with zero attached hydrogens (tertiary/aromatic N) is 2. The van der Waals surface area contributed by atoms with E-state index in [0.29, 0.717) is 17.7 Å². The van der Waals surface area contributed by atoms with Gasteiger partial charge < -0.3 is 15.1 Å². The predicted molar refractivity (Wildman–Crippen MR) is 115 cm³/mol. The first-order valence-electron chi connectivity index (χ1n) is 10.5. The SMILES string of the molecule is CN1CCC(CCc2ccc(NC(=O)c3cccc4c3C(=O)N(C)C4)cc2)CC1. The van der Waals surface area contributed by atoms with Crippen molar-refractivity contribution in [3.63, 3.8) is 0 Å². The molecule has 5 heteroatoms. The summed E-state index contributed by atoms with van der Waals surface area (Å²) < 4.78 is 0. The van der Waals surface area contributed by atoms with Crippen molar-refractivity contribution in [2.24, 2.45) is 5.92 Å². The summed E-state index contributed by atoms with van der Waals surface area (Å²) in [6.07, 6.45) is 4.89. The number of hydrogen-bond donors (Lipinski definition) is 1. The standard InChI is InChI=1S/C24H29N3O2/c1-26-14-12-18(13-15-26)7-6-17-8-10-20(11-9-17)25-23(28)21-5-3-4-19-16-27(2)24(29)22(19)21/h3-5,8-11,18H,6-7,12-16H2,1-2H3,(H,25,28). The molecule has 0 saturated carbocycles.